The summed E-state index contributed by atoms with van der Waals surface area (Å²) in [6.45, 7) is 3.06. The van der Waals surface area contributed by atoms with Gasteiger partial charge in [0.2, 0.25) is 5.91 Å². The van der Waals surface area contributed by atoms with Crippen LogP contribution in [0.25, 0.3) is 5.65 Å². The van der Waals surface area contributed by atoms with E-state index in [4.69, 9.17) is 10.5 Å². The summed E-state index contributed by atoms with van der Waals surface area (Å²) < 4.78 is 7.03. The molecule has 0 aliphatic carbocycles. The van der Waals surface area contributed by atoms with Crippen LogP contribution in [-0.4, -0.2) is 58.0 Å². The van der Waals surface area contributed by atoms with Crippen LogP contribution in [0.5, 0.6) is 0 Å². The third-order valence-electron chi connectivity index (χ3n) is 3.39. The number of nitrogens with zero attached hydrogens (tertiary/aromatic N) is 4. The van der Waals surface area contributed by atoms with Crippen LogP contribution in [-0.2, 0) is 9.53 Å². The number of amides is 1. The molecule has 2 aromatic rings. The molecule has 0 unspecified atom stereocenters. The molecule has 0 atom stereocenters. The number of ether oxygens (including phenoxy) is 1. The molecule has 3 heterocycles. The lowest BCUT2D eigenvalue weighted by Crippen LogP contribution is -2.41. The van der Waals surface area contributed by atoms with Gasteiger partial charge in [-0.2, -0.15) is 0 Å². The molecular weight excluding hydrogens is 272 g/mol. The number of hydrogen-bond acceptors (Lipinski definition) is 6. The zero-order valence-corrected chi connectivity index (χ0v) is 11.7. The monoisotopic (exact) mass is 290 g/mol. The van der Waals surface area contributed by atoms with Crippen LogP contribution in [0.2, 0.25) is 0 Å². The van der Waals surface area contributed by atoms with Crippen molar-refractivity contribution in [1.82, 2.24) is 19.3 Å². The van der Waals surface area contributed by atoms with Crippen molar-refractivity contribution in [3.05, 3.63) is 18.6 Å². The highest BCUT2D eigenvalue weighted by Crippen LogP contribution is 2.14. The minimum absolute atomic E-state index is 0.120. The smallest absolute Gasteiger partial charge is 0.224 e. The molecule has 1 aliphatic rings. The standard InChI is InChI=1S/C13H18N6O2/c14-10-9-19-4-3-16-13(19)12(17-10)15-2-1-11(20)18-5-7-21-8-6-18/h3-4,9H,1-2,5-8,14H2,(H,15,17). The molecule has 0 bridgehead atoms. The number of hydrogen-bond donors (Lipinski definition) is 2. The molecule has 0 saturated carbocycles. The Kier molecular flexibility index (Phi) is 3.87. The van der Waals surface area contributed by atoms with E-state index in [1.54, 1.807) is 23.0 Å². The Morgan fingerprint density at radius 1 is 1.43 bits per heavy atom. The van der Waals surface area contributed by atoms with Gasteiger partial charge < -0.3 is 25.1 Å². The van der Waals surface area contributed by atoms with Gasteiger partial charge >= 0.3 is 0 Å². The number of carbonyl (C=O) groups is 1. The Balaban J connectivity index is 1.59. The summed E-state index contributed by atoms with van der Waals surface area (Å²) in [6.07, 6.45) is 5.59. The molecule has 1 saturated heterocycles. The third-order valence-corrected chi connectivity index (χ3v) is 3.39. The minimum Gasteiger partial charge on any atom is -0.382 e. The first-order chi connectivity index (χ1) is 10.2. The van der Waals surface area contributed by atoms with E-state index in [9.17, 15) is 4.79 Å². The van der Waals surface area contributed by atoms with Crippen molar-refractivity contribution < 1.29 is 9.53 Å². The Morgan fingerprint density at radius 2 is 2.24 bits per heavy atom. The Bertz CT molecular complexity index is 635. The van der Waals surface area contributed by atoms with Crippen molar-refractivity contribution >= 4 is 23.2 Å². The summed E-state index contributed by atoms with van der Waals surface area (Å²) in [5.41, 5.74) is 6.44. The van der Waals surface area contributed by atoms with Gasteiger partial charge in [-0.1, -0.05) is 0 Å². The number of nitrogen functional groups attached to an aromatic ring is 1. The zero-order chi connectivity index (χ0) is 14.7. The lowest BCUT2D eigenvalue weighted by Gasteiger charge is -2.26. The highest BCUT2D eigenvalue weighted by Gasteiger charge is 2.16. The molecule has 8 heteroatoms. The second-order valence-electron chi connectivity index (χ2n) is 4.84. The van der Waals surface area contributed by atoms with E-state index < -0.39 is 0 Å². The van der Waals surface area contributed by atoms with E-state index in [0.717, 1.165) is 0 Å². The normalized spacial score (nSPS) is 15.3. The number of carbonyl (C=O) groups excluding carboxylic acids is 1. The quantitative estimate of drug-likeness (QED) is 0.821. The first-order valence-electron chi connectivity index (χ1n) is 6.92. The fourth-order valence-electron chi connectivity index (χ4n) is 2.33. The van der Waals surface area contributed by atoms with Gasteiger partial charge in [-0.3, -0.25) is 4.79 Å². The van der Waals surface area contributed by atoms with E-state index in [-0.39, 0.29) is 5.91 Å². The van der Waals surface area contributed by atoms with Gasteiger partial charge in [0.05, 0.1) is 19.4 Å². The van der Waals surface area contributed by atoms with Crippen molar-refractivity contribution in [1.29, 1.82) is 0 Å². The van der Waals surface area contributed by atoms with Gasteiger partial charge in [-0.05, 0) is 0 Å². The molecule has 1 aliphatic heterocycles. The molecule has 1 amide bonds. The molecule has 3 N–H and O–H groups in total. The predicted octanol–water partition coefficient (Wildman–Crippen LogP) is -0.0277. The van der Waals surface area contributed by atoms with Crippen molar-refractivity contribution in [2.45, 2.75) is 6.42 Å². The van der Waals surface area contributed by atoms with Crippen molar-refractivity contribution in [2.24, 2.45) is 0 Å². The first-order valence-corrected chi connectivity index (χ1v) is 6.92. The first kappa shape index (κ1) is 13.6. The molecule has 0 aromatic carbocycles. The van der Waals surface area contributed by atoms with Crippen LogP contribution >= 0.6 is 0 Å². The maximum Gasteiger partial charge on any atom is 0.224 e. The highest BCUT2D eigenvalue weighted by molar-refractivity contribution is 5.77. The summed E-state index contributed by atoms with van der Waals surface area (Å²) in [4.78, 5) is 22.3. The number of fused-ring (bicyclic) bond motifs is 1. The van der Waals surface area contributed by atoms with Crippen molar-refractivity contribution in [3.63, 3.8) is 0 Å². The van der Waals surface area contributed by atoms with Crippen LogP contribution in [0, 0.1) is 0 Å². The topological polar surface area (TPSA) is 97.8 Å². The Morgan fingerprint density at radius 3 is 3.05 bits per heavy atom. The Hall–Kier alpha value is -2.35. The molecule has 0 spiro atoms. The van der Waals surface area contributed by atoms with Crippen LogP contribution in [0.3, 0.4) is 0 Å². The number of nitrogens with two attached hydrogens (primary N) is 1. The van der Waals surface area contributed by atoms with E-state index in [1.165, 1.54) is 0 Å². The van der Waals surface area contributed by atoms with E-state index in [2.05, 4.69) is 15.3 Å². The van der Waals surface area contributed by atoms with E-state index >= 15 is 0 Å². The third kappa shape index (κ3) is 3.05. The molecule has 0 radical (unpaired) electrons. The van der Waals surface area contributed by atoms with Crippen LogP contribution in [0.1, 0.15) is 6.42 Å². The molecule has 112 valence electrons. The number of imidazole rings is 1. The second kappa shape index (κ2) is 5.96. The van der Waals surface area contributed by atoms with Gasteiger partial charge in [-0.25, -0.2) is 9.97 Å². The van der Waals surface area contributed by atoms with Crippen LogP contribution in [0.4, 0.5) is 11.6 Å². The summed E-state index contributed by atoms with van der Waals surface area (Å²) >= 11 is 0. The summed E-state index contributed by atoms with van der Waals surface area (Å²) in [7, 11) is 0. The summed E-state index contributed by atoms with van der Waals surface area (Å²) in [5, 5.41) is 3.13. The lowest BCUT2D eigenvalue weighted by atomic mass is 10.3. The number of morpholine rings is 1. The number of aromatic nitrogens is 3. The van der Waals surface area contributed by atoms with Gasteiger partial charge in [0.15, 0.2) is 11.5 Å². The van der Waals surface area contributed by atoms with Crippen LogP contribution in [0.15, 0.2) is 18.6 Å². The molecule has 3 rings (SSSR count). The SMILES string of the molecule is Nc1cn2ccnc2c(NCCC(=O)N2CCOCC2)n1. The molecule has 8 nitrogen and oxygen atoms in total. The lowest BCUT2D eigenvalue weighted by molar-refractivity contribution is -0.134. The molecular formula is C13H18N6O2. The molecule has 1 fully saturated rings. The molecule has 21 heavy (non-hydrogen) atoms. The predicted molar refractivity (Wildman–Crippen MR) is 77.9 cm³/mol. The fourth-order valence-corrected chi connectivity index (χ4v) is 2.33. The highest BCUT2D eigenvalue weighted by atomic mass is 16.5. The van der Waals surface area contributed by atoms with Gasteiger partial charge in [0, 0.05) is 38.4 Å². The maximum absolute atomic E-state index is 12.0. The van der Waals surface area contributed by atoms with Crippen molar-refractivity contribution in [3.8, 4) is 0 Å². The number of anilines is 2. The van der Waals surface area contributed by atoms with E-state index in [1.807, 2.05) is 4.90 Å². The van der Waals surface area contributed by atoms with Crippen molar-refractivity contribution in [2.75, 3.05) is 43.9 Å². The maximum atomic E-state index is 12.0. The van der Waals surface area contributed by atoms with Crippen LogP contribution < -0.4 is 11.1 Å². The summed E-state index contributed by atoms with van der Waals surface area (Å²) in [5.74, 6) is 1.12. The largest absolute Gasteiger partial charge is 0.382 e. The van der Waals surface area contributed by atoms with E-state index in [0.29, 0.717) is 56.6 Å². The Labute approximate surface area is 121 Å². The number of rotatable bonds is 4. The number of nitrogens with one attached hydrogen (secondary N) is 1. The molecule has 2 aromatic heterocycles. The second-order valence-corrected chi connectivity index (χ2v) is 4.84. The average Bonchev–Trinajstić information content (AvgIpc) is 2.96. The van der Waals surface area contributed by atoms with Gasteiger partial charge in [0.1, 0.15) is 5.82 Å². The van der Waals surface area contributed by atoms with Gasteiger partial charge in [0.25, 0.3) is 0 Å². The zero-order valence-electron chi connectivity index (χ0n) is 11.7. The minimum atomic E-state index is 0.120. The van der Waals surface area contributed by atoms with Gasteiger partial charge in [-0.15, -0.1) is 0 Å². The average molecular weight is 290 g/mol. The fraction of sp³-hybridized carbons (Fsp3) is 0.462. The summed E-state index contributed by atoms with van der Waals surface area (Å²) in [6, 6.07) is 0.